The van der Waals surface area contributed by atoms with Gasteiger partial charge in [-0.25, -0.2) is 0 Å². The van der Waals surface area contributed by atoms with Gasteiger partial charge in [0.15, 0.2) is 6.23 Å². The fourth-order valence-corrected chi connectivity index (χ4v) is 3.22. The average Bonchev–Trinajstić information content (AvgIpc) is 3.01. The lowest BCUT2D eigenvalue weighted by molar-refractivity contribution is 0.0199. The van der Waals surface area contributed by atoms with Crippen molar-refractivity contribution in [3.8, 4) is 5.75 Å². The molecule has 0 fully saturated rings. The molecule has 0 aliphatic rings. The summed E-state index contributed by atoms with van der Waals surface area (Å²) in [6.07, 6.45) is 0.960. The molecular formula is C18H26N2O2S. The molecule has 0 spiro atoms. The third kappa shape index (κ3) is 5.95. The van der Waals surface area contributed by atoms with Crippen LogP contribution in [0.2, 0.25) is 0 Å². The van der Waals surface area contributed by atoms with E-state index in [9.17, 15) is 5.11 Å². The Morgan fingerprint density at radius 3 is 2.43 bits per heavy atom. The molecule has 0 aliphatic heterocycles. The SMILES string of the molecule is CC(O)C(N[C@@H](C)CCc1ccc(CN)s1)Oc1ccccc1. The fourth-order valence-electron chi connectivity index (χ4n) is 2.31. The summed E-state index contributed by atoms with van der Waals surface area (Å²) in [6, 6.07) is 14.0. The highest BCUT2D eigenvalue weighted by molar-refractivity contribution is 7.11. The predicted molar refractivity (Wildman–Crippen MR) is 95.7 cm³/mol. The van der Waals surface area contributed by atoms with Gasteiger partial charge in [0.2, 0.25) is 0 Å². The summed E-state index contributed by atoms with van der Waals surface area (Å²) in [7, 11) is 0. The molecule has 0 amide bonds. The van der Waals surface area contributed by atoms with Gasteiger partial charge in [0.05, 0.1) is 0 Å². The number of ether oxygens (including phenoxy) is 1. The van der Waals surface area contributed by atoms with Gasteiger partial charge in [0, 0.05) is 22.3 Å². The quantitative estimate of drug-likeness (QED) is 0.617. The molecule has 23 heavy (non-hydrogen) atoms. The van der Waals surface area contributed by atoms with Crippen LogP contribution in [0, 0.1) is 0 Å². The molecule has 2 aromatic rings. The molecule has 1 heterocycles. The van der Waals surface area contributed by atoms with Gasteiger partial charge in [0.25, 0.3) is 0 Å². The number of hydrogen-bond donors (Lipinski definition) is 3. The molecular weight excluding hydrogens is 308 g/mol. The van der Waals surface area contributed by atoms with Crippen molar-refractivity contribution in [2.24, 2.45) is 5.73 Å². The van der Waals surface area contributed by atoms with Crippen LogP contribution in [0.25, 0.3) is 0 Å². The first-order valence-corrected chi connectivity index (χ1v) is 8.83. The van der Waals surface area contributed by atoms with Crippen molar-refractivity contribution in [3.05, 3.63) is 52.2 Å². The molecule has 0 radical (unpaired) electrons. The molecule has 4 nitrogen and oxygen atoms in total. The maximum absolute atomic E-state index is 9.94. The Hall–Kier alpha value is -1.40. The third-order valence-corrected chi connectivity index (χ3v) is 4.80. The van der Waals surface area contributed by atoms with Crippen molar-refractivity contribution < 1.29 is 9.84 Å². The van der Waals surface area contributed by atoms with Gasteiger partial charge < -0.3 is 15.6 Å². The minimum absolute atomic E-state index is 0.238. The number of thiophene rings is 1. The van der Waals surface area contributed by atoms with Crippen LogP contribution in [-0.4, -0.2) is 23.5 Å². The summed E-state index contributed by atoms with van der Waals surface area (Å²) >= 11 is 1.77. The minimum Gasteiger partial charge on any atom is -0.473 e. The van der Waals surface area contributed by atoms with Gasteiger partial charge in [-0.1, -0.05) is 18.2 Å². The van der Waals surface area contributed by atoms with E-state index in [1.165, 1.54) is 9.75 Å². The van der Waals surface area contributed by atoms with E-state index < -0.39 is 12.3 Å². The number of benzene rings is 1. The first-order valence-electron chi connectivity index (χ1n) is 8.02. The normalized spacial score (nSPS) is 15.1. The van der Waals surface area contributed by atoms with Crippen molar-refractivity contribution in [2.75, 3.05) is 0 Å². The number of para-hydroxylation sites is 1. The fraction of sp³-hybridized carbons (Fsp3) is 0.444. The maximum Gasteiger partial charge on any atom is 0.176 e. The Morgan fingerprint density at radius 1 is 1.13 bits per heavy atom. The molecule has 0 aliphatic carbocycles. The summed E-state index contributed by atoms with van der Waals surface area (Å²) in [6.45, 7) is 4.45. The Balaban J connectivity index is 1.84. The number of aliphatic hydroxyl groups is 1. The number of nitrogens with two attached hydrogens (primary N) is 1. The van der Waals surface area contributed by atoms with Gasteiger partial charge in [0.1, 0.15) is 11.9 Å². The van der Waals surface area contributed by atoms with Crippen LogP contribution >= 0.6 is 11.3 Å². The largest absolute Gasteiger partial charge is 0.473 e. The second-order valence-corrected chi connectivity index (χ2v) is 7.02. The summed E-state index contributed by atoms with van der Waals surface area (Å²) in [4.78, 5) is 2.56. The van der Waals surface area contributed by atoms with Crippen LogP contribution in [0.5, 0.6) is 5.75 Å². The van der Waals surface area contributed by atoms with Crippen LogP contribution in [0.1, 0.15) is 30.0 Å². The first kappa shape index (κ1) is 17.9. The van der Waals surface area contributed by atoms with E-state index in [1.807, 2.05) is 30.3 Å². The summed E-state index contributed by atoms with van der Waals surface area (Å²) < 4.78 is 5.85. The maximum atomic E-state index is 9.94. The molecule has 2 rings (SSSR count). The predicted octanol–water partition coefficient (Wildman–Crippen LogP) is 2.90. The molecule has 3 atom stereocenters. The summed E-state index contributed by atoms with van der Waals surface area (Å²) in [5.74, 6) is 0.754. The standard InChI is InChI=1S/C18H26N2O2S/c1-13(8-9-16-10-11-17(12-19)23-16)20-18(14(2)21)22-15-6-4-3-5-7-15/h3-7,10-11,13-14,18,20-21H,8-9,12,19H2,1-2H3/t13-,14?,18?/m0/s1. The van der Waals surface area contributed by atoms with E-state index in [4.69, 9.17) is 10.5 Å². The van der Waals surface area contributed by atoms with Gasteiger partial charge in [-0.15, -0.1) is 11.3 Å². The second-order valence-electron chi connectivity index (χ2n) is 5.77. The van der Waals surface area contributed by atoms with Crippen LogP contribution in [0.4, 0.5) is 0 Å². The number of hydrogen-bond acceptors (Lipinski definition) is 5. The summed E-state index contributed by atoms with van der Waals surface area (Å²) in [5.41, 5.74) is 5.65. The molecule has 126 valence electrons. The Morgan fingerprint density at radius 2 is 1.83 bits per heavy atom. The third-order valence-electron chi connectivity index (χ3n) is 3.64. The second kappa shape index (κ2) is 9.03. The van der Waals surface area contributed by atoms with Crippen molar-refractivity contribution in [1.82, 2.24) is 5.32 Å². The van der Waals surface area contributed by atoms with Crippen molar-refractivity contribution in [3.63, 3.8) is 0 Å². The smallest absolute Gasteiger partial charge is 0.176 e. The molecule has 0 saturated carbocycles. The lowest BCUT2D eigenvalue weighted by atomic mass is 10.1. The molecule has 1 aromatic carbocycles. The van der Waals surface area contributed by atoms with E-state index in [2.05, 4.69) is 24.4 Å². The Bertz CT molecular complexity index is 571. The van der Waals surface area contributed by atoms with Gasteiger partial charge in [-0.3, -0.25) is 5.32 Å². The highest BCUT2D eigenvalue weighted by Gasteiger charge is 2.19. The highest BCUT2D eigenvalue weighted by Crippen LogP contribution is 2.18. The highest BCUT2D eigenvalue weighted by atomic mass is 32.1. The van der Waals surface area contributed by atoms with Gasteiger partial charge in [-0.2, -0.15) is 0 Å². The van der Waals surface area contributed by atoms with Gasteiger partial charge >= 0.3 is 0 Å². The molecule has 1 aromatic heterocycles. The van der Waals surface area contributed by atoms with E-state index >= 15 is 0 Å². The number of rotatable bonds is 9. The summed E-state index contributed by atoms with van der Waals surface area (Å²) in [5, 5.41) is 13.3. The molecule has 4 N–H and O–H groups in total. The monoisotopic (exact) mass is 334 g/mol. The van der Waals surface area contributed by atoms with E-state index in [0.29, 0.717) is 6.54 Å². The van der Waals surface area contributed by atoms with Crippen molar-refractivity contribution in [2.45, 2.75) is 51.6 Å². The minimum atomic E-state index is -0.594. The lowest BCUT2D eigenvalue weighted by Gasteiger charge is -2.26. The Kier molecular flexibility index (Phi) is 7.05. The zero-order valence-corrected chi connectivity index (χ0v) is 14.6. The zero-order valence-electron chi connectivity index (χ0n) is 13.7. The van der Waals surface area contributed by atoms with Gasteiger partial charge in [-0.05, 0) is 51.0 Å². The van der Waals surface area contributed by atoms with Crippen molar-refractivity contribution >= 4 is 11.3 Å². The van der Waals surface area contributed by atoms with Crippen LogP contribution in [0.15, 0.2) is 42.5 Å². The number of aryl methyl sites for hydroxylation is 1. The number of nitrogens with one attached hydrogen (secondary N) is 1. The molecule has 0 bridgehead atoms. The average molecular weight is 334 g/mol. The Labute approximate surface area is 142 Å². The first-order chi connectivity index (χ1) is 11.1. The van der Waals surface area contributed by atoms with E-state index in [0.717, 1.165) is 18.6 Å². The van der Waals surface area contributed by atoms with Crippen LogP contribution in [0.3, 0.4) is 0 Å². The number of aliphatic hydroxyl groups excluding tert-OH is 1. The zero-order chi connectivity index (χ0) is 16.7. The molecule has 0 saturated heterocycles. The topological polar surface area (TPSA) is 67.5 Å². The van der Waals surface area contributed by atoms with Crippen LogP contribution < -0.4 is 15.8 Å². The van der Waals surface area contributed by atoms with Crippen molar-refractivity contribution in [1.29, 1.82) is 0 Å². The lowest BCUT2D eigenvalue weighted by Crippen LogP contribution is -2.47. The molecule has 2 unspecified atom stereocenters. The van der Waals surface area contributed by atoms with E-state index in [1.54, 1.807) is 18.3 Å². The van der Waals surface area contributed by atoms with Crippen LogP contribution in [-0.2, 0) is 13.0 Å². The van der Waals surface area contributed by atoms with E-state index in [-0.39, 0.29) is 6.04 Å². The molecule has 5 heteroatoms.